The van der Waals surface area contributed by atoms with Crippen LogP contribution in [0.3, 0.4) is 0 Å². The Morgan fingerprint density at radius 3 is 2.83 bits per heavy atom. The van der Waals surface area contributed by atoms with Crippen molar-refractivity contribution in [3.63, 3.8) is 0 Å². The van der Waals surface area contributed by atoms with E-state index >= 15 is 0 Å². The number of halogens is 1. The number of fused-ring (bicyclic) bond motifs is 1. The van der Waals surface area contributed by atoms with Crippen LogP contribution in [0.5, 0.6) is 0 Å². The molecule has 4 atom stereocenters. The lowest BCUT2D eigenvalue weighted by Crippen LogP contribution is -2.33. The summed E-state index contributed by atoms with van der Waals surface area (Å²) in [5.41, 5.74) is -1.37. The summed E-state index contributed by atoms with van der Waals surface area (Å²) in [6, 6.07) is -0.159. The Morgan fingerprint density at radius 2 is 2.28 bits per heavy atom. The maximum Gasteiger partial charge on any atom is 0.328 e. The first-order chi connectivity index (χ1) is 8.49. The normalized spacial score (nSPS) is 37.6. The Hall–Kier alpha value is -0.920. The van der Waals surface area contributed by atoms with E-state index in [0.717, 1.165) is 6.42 Å². The van der Waals surface area contributed by atoms with Crippen LogP contribution in [0.1, 0.15) is 18.9 Å². The Balaban J connectivity index is 2.02. The van der Waals surface area contributed by atoms with E-state index < -0.39 is 22.8 Å². The van der Waals surface area contributed by atoms with Gasteiger partial charge < -0.3 is 10.2 Å². The van der Waals surface area contributed by atoms with Gasteiger partial charge in [0.25, 0.3) is 5.56 Å². The highest BCUT2D eigenvalue weighted by Crippen LogP contribution is 2.66. The summed E-state index contributed by atoms with van der Waals surface area (Å²) in [6.45, 7) is -0.0609. The van der Waals surface area contributed by atoms with Gasteiger partial charge in [-0.2, -0.15) is 0 Å². The van der Waals surface area contributed by atoms with Crippen molar-refractivity contribution in [1.29, 1.82) is 0 Å². The molecule has 98 valence electrons. The van der Waals surface area contributed by atoms with E-state index in [-0.39, 0.29) is 18.6 Å². The lowest BCUT2D eigenvalue weighted by Gasteiger charge is -2.16. The van der Waals surface area contributed by atoms with Gasteiger partial charge in [-0.3, -0.25) is 14.3 Å². The molecule has 18 heavy (non-hydrogen) atoms. The van der Waals surface area contributed by atoms with Crippen LogP contribution in [0.15, 0.2) is 20.3 Å². The summed E-state index contributed by atoms with van der Waals surface area (Å²) in [6.07, 6.45) is 2.03. The SMILES string of the molecule is O=c1[nH]c(=O)n([C@H]2C[C@H](O)[C@@]3(CO)C[C@H]23)cc1Br. The van der Waals surface area contributed by atoms with E-state index in [1.807, 2.05) is 0 Å². The summed E-state index contributed by atoms with van der Waals surface area (Å²) >= 11 is 3.09. The highest BCUT2D eigenvalue weighted by molar-refractivity contribution is 9.10. The average Bonchev–Trinajstić information content (AvgIpc) is 3.01. The van der Waals surface area contributed by atoms with Crippen LogP contribution in [-0.4, -0.2) is 32.5 Å². The van der Waals surface area contributed by atoms with Gasteiger partial charge in [0.05, 0.1) is 17.2 Å². The molecule has 0 amide bonds. The second-order valence-electron chi connectivity index (χ2n) is 5.16. The minimum atomic E-state index is -0.588. The van der Waals surface area contributed by atoms with E-state index in [4.69, 9.17) is 0 Å². The maximum absolute atomic E-state index is 11.8. The molecule has 0 saturated heterocycles. The number of hydrogen-bond donors (Lipinski definition) is 3. The first kappa shape index (κ1) is 12.1. The number of aliphatic hydroxyl groups excluding tert-OH is 2. The summed E-state index contributed by atoms with van der Waals surface area (Å²) in [5, 5.41) is 19.3. The molecule has 0 radical (unpaired) electrons. The molecule has 3 N–H and O–H groups in total. The molecule has 2 aliphatic carbocycles. The third kappa shape index (κ3) is 1.47. The fraction of sp³-hybridized carbons (Fsp3) is 0.636. The fourth-order valence-electron chi connectivity index (χ4n) is 3.18. The number of aromatic amines is 1. The van der Waals surface area contributed by atoms with Gasteiger partial charge >= 0.3 is 5.69 Å². The number of aliphatic hydroxyl groups is 2. The molecular weight excluding hydrogens is 304 g/mol. The Labute approximate surface area is 110 Å². The standard InChI is InChI=1S/C11H13BrN2O4/c12-6-3-14(10(18)13-9(6)17)7-1-8(16)11(4-15)2-5(7)11/h3,5,7-8,15-16H,1-2,4H2,(H,13,17,18)/t5-,7+,8+,11-/m1/s1. The molecular formula is C11H13BrN2O4. The highest BCUT2D eigenvalue weighted by Gasteiger charge is 2.67. The molecule has 3 rings (SSSR count). The molecule has 2 aliphatic rings. The summed E-state index contributed by atoms with van der Waals surface area (Å²) in [7, 11) is 0. The van der Waals surface area contributed by atoms with Gasteiger partial charge in [-0.15, -0.1) is 0 Å². The molecule has 1 aromatic heterocycles. The second-order valence-corrected chi connectivity index (χ2v) is 6.02. The number of H-pyrrole nitrogens is 1. The fourth-order valence-corrected chi connectivity index (χ4v) is 3.50. The minimum Gasteiger partial charge on any atom is -0.396 e. The van der Waals surface area contributed by atoms with Crippen molar-refractivity contribution in [1.82, 2.24) is 9.55 Å². The maximum atomic E-state index is 11.8. The molecule has 0 aliphatic heterocycles. The van der Waals surface area contributed by atoms with Gasteiger partial charge in [0, 0.05) is 17.7 Å². The quantitative estimate of drug-likeness (QED) is 0.692. The van der Waals surface area contributed by atoms with Crippen molar-refractivity contribution in [2.75, 3.05) is 6.61 Å². The molecule has 1 aromatic rings. The van der Waals surface area contributed by atoms with Crippen LogP contribution < -0.4 is 11.2 Å². The van der Waals surface area contributed by atoms with Crippen LogP contribution in [0.2, 0.25) is 0 Å². The van der Waals surface area contributed by atoms with Crippen molar-refractivity contribution in [2.24, 2.45) is 11.3 Å². The Bertz CT molecular complexity index is 610. The number of rotatable bonds is 2. The number of aromatic nitrogens is 2. The van der Waals surface area contributed by atoms with Gasteiger partial charge in [0.2, 0.25) is 0 Å². The molecule has 1 heterocycles. The summed E-state index contributed by atoms with van der Waals surface area (Å²) in [5.74, 6) is 0.105. The van der Waals surface area contributed by atoms with Crippen molar-refractivity contribution < 1.29 is 10.2 Å². The smallest absolute Gasteiger partial charge is 0.328 e. The van der Waals surface area contributed by atoms with Crippen molar-refractivity contribution >= 4 is 15.9 Å². The van der Waals surface area contributed by atoms with Crippen molar-refractivity contribution in [3.05, 3.63) is 31.5 Å². The first-order valence-corrected chi connectivity index (χ1v) is 6.59. The zero-order valence-electron chi connectivity index (χ0n) is 9.47. The molecule has 0 bridgehead atoms. The van der Waals surface area contributed by atoms with Crippen LogP contribution >= 0.6 is 15.9 Å². The van der Waals surface area contributed by atoms with Gasteiger partial charge in [-0.05, 0) is 34.7 Å². The van der Waals surface area contributed by atoms with Crippen LogP contribution in [-0.2, 0) is 0 Å². The van der Waals surface area contributed by atoms with Gasteiger partial charge in [0.1, 0.15) is 0 Å². The number of hydrogen-bond acceptors (Lipinski definition) is 4. The van der Waals surface area contributed by atoms with E-state index in [0.29, 0.717) is 10.9 Å². The predicted octanol–water partition coefficient (Wildman–Crippen LogP) is -0.397. The molecule has 6 nitrogen and oxygen atoms in total. The molecule has 0 unspecified atom stereocenters. The Kier molecular flexibility index (Phi) is 2.55. The van der Waals surface area contributed by atoms with E-state index in [1.165, 1.54) is 10.8 Å². The largest absolute Gasteiger partial charge is 0.396 e. The number of nitrogens with one attached hydrogen (secondary N) is 1. The molecule has 2 fully saturated rings. The third-order valence-electron chi connectivity index (χ3n) is 4.35. The van der Waals surface area contributed by atoms with Gasteiger partial charge in [-0.1, -0.05) is 0 Å². The lowest BCUT2D eigenvalue weighted by molar-refractivity contribution is 0.0599. The Morgan fingerprint density at radius 1 is 1.56 bits per heavy atom. The highest BCUT2D eigenvalue weighted by atomic mass is 79.9. The summed E-state index contributed by atoms with van der Waals surface area (Å²) in [4.78, 5) is 25.3. The number of nitrogens with zero attached hydrogens (tertiary/aromatic N) is 1. The van der Waals surface area contributed by atoms with Crippen LogP contribution in [0.25, 0.3) is 0 Å². The molecule has 7 heteroatoms. The van der Waals surface area contributed by atoms with Crippen LogP contribution in [0, 0.1) is 11.3 Å². The van der Waals surface area contributed by atoms with Crippen LogP contribution in [0.4, 0.5) is 0 Å². The van der Waals surface area contributed by atoms with E-state index in [1.54, 1.807) is 0 Å². The molecule has 2 saturated carbocycles. The topological polar surface area (TPSA) is 95.3 Å². The van der Waals surface area contributed by atoms with E-state index in [2.05, 4.69) is 20.9 Å². The monoisotopic (exact) mass is 316 g/mol. The van der Waals surface area contributed by atoms with Crippen molar-refractivity contribution in [3.8, 4) is 0 Å². The minimum absolute atomic E-state index is 0.0609. The second kappa shape index (κ2) is 3.79. The predicted molar refractivity (Wildman–Crippen MR) is 66.3 cm³/mol. The summed E-state index contributed by atoms with van der Waals surface area (Å²) < 4.78 is 1.74. The zero-order chi connectivity index (χ0) is 13.1. The zero-order valence-corrected chi connectivity index (χ0v) is 11.1. The van der Waals surface area contributed by atoms with Crippen molar-refractivity contribution in [2.45, 2.75) is 25.0 Å². The molecule has 0 spiro atoms. The molecule has 0 aromatic carbocycles. The third-order valence-corrected chi connectivity index (χ3v) is 4.91. The van der Waals surface area contributed by atoms with Gasteiger partial charge in [-0.25, -0.2) is 4.79 Å². The van der Waals surface area contributed by atoms with Gasteiger partial charge in [0.15, 0.2) is 0 Å². The first-order valence-electron chi connectivity index (χ1n) is 5.79. The lowest BCUT2D eigenvalue weighted by atomic mass is 10.0. The van der Waals surface area contributed by atoms with E-state index in [9.17, 15) is 19.8 Å². The average molecular weight is 317 g/mol.